The number of hydrogen-bond donors (Lipinski definition) is 7. The van der Waals surface area contributed by atoms with E-state index in [2.05, 4.69) is 10.6 Å². The maximum atomic E-state index is 12.4. The molecule has 0 aromatic rings. The molecule has 30 heavy (non-hydrogen) atoms. The molecule has 0 spiro atoms. The predicted octanol–water partition coefficient (Wildman–Crippen LogP) is -2.13. The molecule has 2 rings (SSSR count). The number of carbonyl (C=O) groups excluding carboxylic acids is 2. The molecule has 12 heteroatoms. The zero-order chi connectivity index (χ0) is 22.3. The van der Waals surface area contributed by atoms with Crippen LogP contribution in [0.15, 0.2) is 0 Å². The number of carbonyl (C=O) groups is 2. The summed E-state index contributed by atoms with van der Waals surface area (Å²) in [7, 11) is 0. The molecule has 0 bridgehead atoms. The van der Waals surface area contributed by atoms with Crippen molar-refractivity contribution in [2.24, 2.45) is 23.1 Å². The van der Waals surface area contributed by atoms with Crippen molar-refractivity contribution in [1.29, 1.82) is 10.8 Å². The highest BCUT2D eigenvalue weighted by atomic mass is 16.5. The van der Waals surface area contributed by atoms with E-state index < -0.39 is 12.3 Å². The first-order valence-corrected chi connectivity index (χ1v) is 10.4. The summed E-state index contributed by atoms with van der Waals surface area (Å²) in [5.41, 5.74) is 17.2. The molecule has 2 fully saturated rings. The lowest BCUT2D eigenvalue weighted by Crippen LogP contribution is -2.60. The summed E-state index contributed by atoms with van der Waals surface area (Å²) in [5, 5.41) is 20.6. The molecule has 2 aliphatic heterocycles. The molecule has 0 aliphatic carbocycles. The average molecular weight is 426 g/mol. The maximum Gasteiger partial charge on any atom is 0.239 e. The molecule has 12 nitrogen and oxygen atoms in total. The standard InChI is InChI=1S/C18H35N9O3/c1-2-30-16-12(4-3-7-27(16)18(22)23)25-13(28)10-24-15(29)14(19)11-5-8-26(9-6-11)17(20)21/h11-12,14,16H,2-10,19H2,1H3,(H3,20,21)(H3,22,23)(H,24,29)(H,25,28). The van der Waals surface area contributed by atoms with Gasteiger partial charge in [-0.05, 0) is 38.5 Å². The SMILES string of the molecule is CCOC1C(NC(=O)CNC(=O)C(N)C2CCN(C(=N)N)CC2)CCCN1C(=N)N. The van der Waals surface area contributed by atoms with Gasteiger partial charge in [-0.1, -0.05) is 0 Å². The van der Waals surface area contributed by atoms with Crippen molar-refractivity contribution in [2.45, 2.75) is 50.9 Å². The molecule has 0 radical (unpaired) electrons. The van der Waals surface area contributed by atoms with Gasteiger partial charge in [0.2, 0.25) is 11.8 Å². The van der Waals surface area contributed by atoms with Crippen LogP contribution in [0.5, 0.6) is 0 Å². The van der Waals surface area contributed by atoms with Gasteiger partial charge < -0.3 is 42.4 Å². The molecule has 2 saturated heterocycles. The van der Waals surface area contributed by atoms with Crippen LogP contribution in [0, 0.1) is 16.7 Å². The van der Waals surface area contributed by atoms with E-state index in [9.17, 15) is 9.59 Å². The van der Waals surface area contributed by atoms with Crippen molar-refractivity contribution in [3.63, 3.8) is 0 Å². The van der Waals surface area contributed by atoms with Crippen molar-refractivity contribution < 1.29 is 14.3 Å². The number of piperidine rings is 2. The fourth-order valence-corrected chi connectivity index (χ4v) is 4.00. The normalized spacial score (nSPS) is 23.5. The summed E-state index contributed by atoms with van der Waals surface area (Å²) >= 11 is 0. The van der Waals surface area contributed by atoms with Crippen LogP contribution in [-0.4, -0.2) is 84.6 Å². The smallest absolute Gasteiger partial charge is 0.239 e. The molecule has 3 unspecified atom stereocenters. The van der Waals surface area contributed by atoms with Crippen molar-refractivity contribution in [2.75, 3.05) is 32.8 Å². The number of likely N-dealkylation sites (tertiary alicyclic amines) is 2. The van der Waals surface area contributed by atoms with Crippen LogP contribution in [0.4, 0.5) is 0 Å². The second kappa shape index (κ2) is 11.0. The molecule has 0 aromatic heterocycles. The minimum atomic E-state index is -0.717. The Morgan fingerprint density at radius 1 is 1.13 bits per heavy atom. The summed E-state index contributed by atoms with van der Waals surface area (Å²) in [6.45, 7) is 3.86. The largest absolute Gasteiger partial charge is 0.370 e. The van der Waals surface area contributed by atoms with E-state index in [0.29, 0.717) is 45.5 Å². The van der Waals surface area contributed by atoms with Crippen LogP contribution in [0.2, 0.25) is 0 Å². The number of ether oxygens (including phenoxy) is 1. The van der Waals surface area contributed by atoms with Gasteiger partial charge in [0.25, 0.3) is 0 Å². The van der Waals surface area contributed by atoms with Gasteiger partial charge in [0.15, 0.2) is 18.1 Å². The first-order chi connectivity index (χ1) is 14.2. The van der Waals surface area contributed by atoms with Crippen LogP contribution in [0.3, 0.4) is 0 Å². The van der Waals surface area contributed by atoms with E-state index in [1.54, 1.807) is 9.80 Å². The van der Waals surface area contributed by atoms with Gasteiger partial charge >= 0.3 is 0 Å². The molecular weight excluding hydrogens is 390 g/mol. The number of nitrogens with one attached hydrogen (secondary N) is 4. The van der Waals surface area contributed by atoms with Gasteiger partial charge in [-0.15, -0.1) is 0 Å². The van der Waals surface area contributed by atoms with Crippen molar-refractivity contribution in [1.82, 2.24) is 20.4 Å². The monoisotopic (exact) mass is 425 g/mol. The first kappa shape index (κ1) is 23.7. The second-order valence-electron chi connectivity index (χ2n) is 7.69. The summed E-state index contributed by atoms with van der Waals surface area (Å²) < 4.78 is 5.69. The lowest BCUT2D eigenvalue weighted by molar-refractivity contribution is -0.130. The predicted molar refractivity (Wildman–Crippen MR) is 112 cm³/mol. The zero-order valence-electron chi connectivity index (χ0n) is 17.5. The molecule has 0 saturated carbocycles. The highest BCUT2D eigenvalue weighted by Crippen LogP contribution is 2.20. The van der Waals surface area contributed by atoms with Crippen LogP contribution >= 0.6 is 0 Å². The molecule has 10 N–H and O–H groups in total. The second-order valence-corrected chi connectivity index (χ2v) is 7.69. The highest BCUT2D eigenvalue weighted by Gasteiger charge is 2.34. The molecule has 3 atom stereocenters. The van der Waals surface area contributed by atoms with Crippen LogP contribution < -0.4 is 27.8 Å². The summed E-state index contributed by atoms with van der Waals surface area (Å²) in [6, 6.07) is -1.04. The third-order valence-corrected chi connectivity index (χ3v) is 5.67. The van der Waals surface area contributed by atoms with Gasteiger partial charge in [-0.25, -0.2) is 0 Å². The molecule has 170 valence electrons. The Balaban J connectivity index is 1.81. The lowest BCUT2D eigenvalue weighted by Gasteiger charge is -2.41. The van der Waals surface area contributed by atoms with Crippen molar-refractivity contribution in [3.8, 4) is 0 Å². The van der Waals surface area contributed by atoms with Crippen LogP contribution in [0.25, 0.3) is 0 Å². The number of amides is 2. The third kappa shape index (κ3) is 6.20. The van der Waals surface area contributed by atoms with Gasteiger partial charge in [-0.3, -0.25) is 20.4 Å². The molecule has 2 aliphatic rings. The fourth-order valence-electron chi connectivity index (χ4n) is 4.00. The van der Waals surface area contributed by atoms with Crippen molar-refractivity contribution in [3.05, 3.63) is 0 Å². The van der Waals surface area contributed by atoms with E-state index in [1.807, 2.05) is 6.92 Å². The Morgan fingerprint density at radius 2 is 1.80 bits per heavy atom. The van der Waals surface area contributed by atoms with Gasteiger partial charge in [-0.2, -0.15) is 0 Å². The topological polar surface area (TPSA) is 200 Å². The van der Waals surface area contributed by atoms with E-state index >= 15 is 0 Å². The lowest BCUT2D eigenvalue weighted by atomic mass is 9.89. The zero-order valence-corrected chi connectivity index (χ0v) is 17.5. The number of hydrogen-bond acceptors (Lipinski definition) is 6. The number of nitrogens with zero attached hydrogens (tertiary/aromatic N) is 2. The molecule has 0 aromatic carbocycles. The van der Waals surface area contributed by atoms with E-state index in [-0.39, 0.29) is 42.2 Å². The van der Waals surface area contributed by atoms with Gasteiger partial charge in [0.05, 0.1) is 18.6 Å². The summed E-state index contributed by atoms with van der Waals surface area (Å²) in [6.07, 6.45) is 2.29. The minimum Gasteiger partial charge on any atom is -0.370 e. The van der Waals surface area contributed by atoms with E-state index in [1.165, 1.54) is 0 Å². The van der Waals surface area contributed by atoms with Crippen LogP contribution in [-0.2, 0) is 14.3 Å². The minimum absolute atomic E-state index is 0.0199. The summed E-state index contributed by atoms with van der Waals surface area (Å²) in [4.78, 5) is 28.2. The summed E-state index contributed by atoms with van der Waals surface area (Å²) in [5.74, 6) is -0.806. The van der Waals surface area contributed by atoms with E-state index in [0.717, 1.165) is 6.42 Å². The Hall–Kier alpha value is -2.60. The Labute approximate surface area is 176 Å². The van der Waals surface area contributed by atoms with Gasteiger partial charge in [0, 0.05) is 26.2 Å². The molecular formula is C18H35N9O3. The average Bonchev–Trinajstić information content (AvgIpc) is 2.72. The quantitative estimate of drug-likeness (QED) is 0.177. The number of rotatable bonds is 7. The third-order valence-electron chi connectivity index (χ3n) is 5.67. The van der Waals surface area contributed by atoms with Gasteiger partial charge in [0.1, 0.15) is 0 Å². The molecule has 2 heterocycles. The van der Waals surface area contributed by atoms with Crippen LogP contribution in [0.1, 0.15) is 32.6 Å². The fraction of sp³-hybridized carbons (Fsp3) is 0.778. The van der Waals surface area contributed by atoms with Crippen molar-refractivity contribution >= 4 is 23.7 Å². The Kier molecular flexibility index (Phi) is 8.66. The maximum absolute atomic E-state index is 12.4. The number of nitrogens with two attached hydrogens (primary N) is 3. The number of guanidine groups is 2. The Morgan fingerprint density at radius 3 is 2.37 bits per heavy atom. The highest BCUT2D eigenvalue weighted by molar-refractivity contribution is 5.87. The molecule has 2 amide bonds. The first-order valence-electron chi connectivity index (χ1n) is 10.4. The Bertz CT molecular complexity index is 636. The van der Waals surface area contributed by atoms with E-state index in [4.69, 9.17) is 32.8 Å².